The van der Waals surface area contributed by atoms with E-state index in [1.54, 1.807) is 0 Å². The second-order valence-electron chi connectivity index (χ2n) is 5.20. The summed E-state index contributed by atoms with van der Waals surface area (Å²) in [5, 5.41) is 0. The van der Waals surface area contributed by atoms with Crippen molar-refractivity contribution in [1.82, 2.24) is 4.90 Å². The molecule has 3 nitrogen and oxygen atoms in total. The zero-order valence-corrected chi connectivity index (χ0v) is 11.1. The lowest BCUT2D eigenvalue weighted by atomic mass is 10.1. The number of anilines is 2. The Balaban J connectivity index is 2.08. The van der Waals surface area contributed by atoms with E-state index in [1.807, 2.05) is 6.07 Å². The summed E-state index contributed by atoms with van der Waals surface area (Å²) in [6, 6.07) is 6.82. The van der Waals surface area contributed by atoms with Gasteiger partial charge in [0.25, 0.3) is 0 Å². The van der Waals surface area contributed by atoms with Crippen LogP contribution in [0, 0.1) is 6.92 Å². The van der Waals surface area contributed by atoms with E-state index in [0.29, 0.717) is 6.04 Å². The molecule has 0 bridgehead atoms. The van der Waals surface area contributed by atoms with E-state index in [4.69, 9.17) is 5.73 Å². The van der Waals surface area contributed by atoms with Gasteiger partial charge in [-0.25, -0.2) is 0 Å². The third kappa shape index (κ3) is 2.72. The summed E-state index contributed by atoms with van der Waals surface area (Å²) < 4.78 is 0. The summed E-state index contributed by atoms with van der Waals surface area (Å²) in [7, 11) is 4.38. The Labute approximate surface area is 104 Å². The number of hydrogen-bond donors (Lipinski definition) is 1. The monoisotopic (exact) mass is 233 g/mol. The molecule has 1 aliphatic heterocycles. The van der Waals surface area contributed by atoms with Crippen molar-refractivity contribution in [2.75, 3.05) is 37.8 Å². The number of nitrogens with zero attached hydrogens (tertiary/aromatic N) is 2. The number of nitrogen functional groups attached to an aromatic ring is 1. The molecule has 1 saturated heterocycles. The molecule has 94 valence electrons. The molecule has 1 fully saturated rings. The van der Waals surface area contributed by atoms with Crippen LogP contribution in [0.15, 0.2) is 18.2 Å². The van der Waals surface area contributed by atoms with Gasteiger partial charge in [-0.2, -0.15) is 0 Å². The Bertz CT molecular complexity index is 389. The smallest absolute Gasteiger partial charge is 0.0414 e. The lowest BCUT2D eigenvalue weighted by Crippen LogP contribution is -2.36. The van der Waals surface area contributed by atoms with Crippen molar-refractivity contribution in [2.45, 2.75) is 25.8 Å². The highest BCUT2D eigenvalue weighted by Gasteiger charge is 2.22. The number of rotatable bonds is 3. The largest absolute Gasteiger partial charge is 0.399 e. The zero-order chi connectivity index (χ0) is 12.4. The normalized spacial score (nSPS) is 20.8. The second-order valence-corrected chi connectivity index (χ2v) is 5.20. The quantitative estimate of drug-likeness (QED) is 0.812. The van der Waals surface area contributed by atoms with Crippen LogP contribution in [0.2, 0.25) is 0 Å². The van der Waals surface area contributed by atoms with Gasteiger partial charge in [0.1, 0.15) is 0 Å². The minimum absolute atomic E-state index is 0.681. The van der Waals surface area contributed by atoms with Gasteiger partial charge in [0.15, 0.2) is 0 Å². The molecule has 1 heterocycles. The zero-order valence-electron chi connectivity index (χ0n) is 11.1. The molecule has 1 atom stereocenters. The molecule has 0 saturated carbocycles. The number of likely N-dealkylation sites (tertiary alicyclic amines) is 1. The maximum absolute atomic E-state index is 5.86. The Morgan fingerprint density at radius 2 is 2.24 bits per heavy atom. The van der Waals surface area contributed by atoms with E-state index in [0.717, 1.165) is 12.2 Å². The third-order valence-corrected chi connectivity index (χ3v) is 3.80. The van der Waals surface area contributed by atoms with Crippen LogP contribution < -0.4 is 10.6 Å². The molecule has 0 radical (unpaired) electrons. The van der Waals surface area contributed by atoms with Crippen molar-refractivity contribution in [3.8, 4) is 0 Å². The lowest BCUT2D eigenvalue weighted by molar-refractivity contribution is 0.314. The Morgan fingerprint density at radius 1 is 1.47 bits per heavy atom. The predicted octanol–water partition coefficient (Wildman–Crippen LogP) is 2.11. The van der Waals surface area contributed by atoms with Crippen molar-refractivity contribution in [1.29, 1.82) is 0 Å². The second kappa shape index (κ2) is 4.96. The Hall–Kier alpha value is -1.22. The van der Waals surface area contributed by atoms with Crippen molar-refractivity contribution in [3.05, 3.63) is 23.8 Å². The van der Waals surface area contributed by atoms with Gasteiger partial charge in [-0.3, -0.25) is 0 Å². The maximum atomic E-state index is 5.86. The molecule has 0 spiro atoms. The van der Waals surface area contributed by atoms with Crippen LogP contribution >= 0.6 is 0 Å². The average molecular weight is 233 g/mol. The molecule has 1 aromatic carbocycles. The van der Waals surface area contributed by atoms with Gasteiger partial charge in [-0.1, -0.05) is 6.07 Å². The highest BCUT2D eigenvalue weighted by atomic mass is 15.2. The van der Waals surface area contributed by atoms with E-state index in [-0.39, 0.29) is 0 Å². The molecule has 2 N–H and O–H groups in total. The fourth-order valence-electron chi connectivity index (χ4n) is 2.66. The summed E-state index contributed by atoms with van der Waals surface area (Å²) in [6.45, 7) is 4.46. The van der Waals surface area contributed by atoms with Crippen molar-refractivity contribution in [2.24, 2.45) is 0 Å². The first-order valence-corrected chi connectivity index (χ1v) is 6.35. The number of likely N-dealkylation sites (N-methyl/N-ethyl adjacent to an activating group) is 2. The molecule has 0 amide bonds. The van der Waals surface area contributed by atoms with Crippen LogP contribution in [0.5, 0.6) is 0 Å². The Kier molecular flexibility index (Phi) is 3.57. The van der Waals surface area contributed by atoms with Gasteiger partial charge in [0.2, 0.25) is 0 Å². The maximum Gasteiger partial charge on any atom is 0.0414 e. The minimum Gasteiger partial charge on any atom is -0.399 e. The first-order valence-electron chi connectivity index (χ1n) is 6.35. The fourth-order valence-corrected chi connectivity index (χ4v) is 2.66. The van der Waals surface area contributed by atoms with E-state index in [2.05, 4.69) is 43.0 Å². The highest BCUT2D eigenvalue weighted by molar-refractivity contribution is 5.60. The van der Waals surface area contributed by atoms with Crippen molar-refractivity contribution >= 4 is 11.4 Å². The van der Waals surface area contributed by atoms with Crippen LogP contribution in [0.4, 0.5) is 11.4 Å². The van der Waals surface area contributed by atoms with Gasteiger partial charge in [0, 0.05) is 31.0 Å². The molecular formula is C14H23N3. The first kappa shape index (κ1) is 12.2. The molecule has 1 aromatic rings. The molecule has 2 rings (SSSR count). The first-order chi connectivity index (χ1) is 8.08. The molecule has 3 heteroatoms. The lowest BCUT2D eigenvalue weighted by Gasteiger charge is -2.28. The van der Waals surface area contributed by atoms with E-state index in [1.165, 1.54) is 30.6 Å². The molecule has 1 unspecified atom stereocenters. The summed E-state index contributed by atoms with van der Waals surface area (Å²) in [6.07, 6.45) is 2.63. The molecule has 1 aliphatic rings. The van der Waals surface area contributed by atoms with Crippen LogP contribution in [0.3, 0.4) is 0 Å². The molecule has 0 aromatic heterocycles. The van der Waals surface area contributed by atoms with Gasteiger partial charge >= 0.3 is 0 Å². The summed E-state index contributed by atoms with van der Waals surface area (Å²) in [5.74, 6) is 0. The fraction of sp³-hybridized carbons (Fsp3) is 0.571. The summed E-state index contributed by atoms with van der Waals surface area (Å²) in [5.41, 5.74) is 9.26. The third-order valence-electron chi connectivity index (χ3n) is 3.80. The topological polar surface area (TPSA) is 32.5 Å². The van der Waals surface area contributed by atoms with Gasteiger partial charge in [-0.05, 0) is 51.1 Å². The Morgan fingerprint density at radius 3 is 2.88 bits per heavy atom. The van der Waals surface area contributed by atoms with Crippen LogP contribution in [-0.4, -0.2) is 38.1 Å². The van der Waals surface area contributed by atoms with E-state index in [9.17, 15) is 0 Å². The number of hydrogen-bond acceptors (Lipinski definition) is 3. The summed E-state index contributed by atoms with van der Waals surface area (Å²) in [4.78, 5) is 4.79. The van der Waals surface area contributed by atoms with E-state index < -0.39 is 0 Å². The molecule has 17 heavy (non-hydrogen) atoms. The number of benzene rings is 1. The van der Waals surface area contributed by atoms with Crippen molar-refractivity contribution < 1.29 is 0 Å². The van der Waals surface area contributed by atoms with E-state index >= 15 is 0 Å². The highest BCUT2D eigenvalue weighted by Crippen LogP contribution is 2.24. The van der Waals surface area contributed by atoms with Crippen LogP contribution in [0.25, 0.3) is 0 Å². The van der Waals surface area contributed by atoms with Gasteiger partial charge in [-0.15, -0.1) is 0 Å². The average Bonchev–Trinajstić information content (AvgIpc) is 2.68. The molecular weight excluding hydrogens is 210 g/mol. The van der Waals surface area contributed by atoms with Gasteiger partial charge < -0.3 is 15.5 Å². The van der Waals surface area contributed by atoms with Crippen molar-refractivity contribution in [3.63, 3.8) is 0 Å². The minimum atomic E-state index is 0.681. The number of aryl methyl sites for hydroxylation is 1. The van der Waals surface area contributed by atoms with Crippen LogP contribution in [-0.2, 0) is 0 Å². The van der Waals surface area contributed by atoms with Crippen LogP contribution in [0.1, 0.15) is 18.4 Å². The molecule has 0 aliphatic carbocycles. The van der Waals surface area contributed by atoms with Gasteiger partial charge in [0.05, 0.1) is 0 Å². The summed E-state index contributed by atoms with van der Waals surface area (Å²) >= 11 is 0. The SMILES string of the molecule is Cc1ccc(N)cc1N(C)CC1CCCN1C. The number of nitrogens with two attached hydrogens (primary N) is 1. The predicted molar refractivity (Wildman–Crippen MR) is 74.5 cm³/mol. The standard InChI is InChI=1S/C14H23N3/c1-11-6-7-12(15)9-14(11)17(3)10-13-5-4-8-16(13)2/h6-7,9,13H,4-5,8,10,15H2,1-3H3.